The van der Waals surface area contributed by atoms with Gasteiger partial charge < -0.3 is 5.73 Å². The van der Waals surface area contributed by atoms with Gasteiger partial charge in [-0.1, -0.05) is 36.4 Å². The van der Waals surface area contributed by atoms with E-state index in [1.807, 2.05) is 12.3 Å². The molecule has 1 aromatic carbocycles. The first-order valence-electron chi connectivity index (χ1n) is 7.30. The standard InChI is InChI=1S/C17H21N3/c18-12-16-15(8-4-10-19-16)13-20-11-5-9-17(20)14-6-2-1-3-7-14/h1-4,6-8,10,17H,5,9,11-13,18H2. The molecule has 1 atom stereocenters. The van der Waals surface area contributed by atoms with Crippen LogP contribution in [0.5, 0.6) is 0 Å². The molecule has 1 aliphatic rings. The number of likely N-dealkylation sites (tertiary alicyclic amines) is 1. The highest BCUT2D eigenvalue weighted by Gasteiger charge is 2.26. The highest BCUT2D eigenvalue weighted by molar-refractivity contribution is 5.23. The van der Waals surface area contributed by atoms with Crippen molar-refractivity contribution >= 4 is 0 Å². The van der Waals surface area contributed by atoms with Crippen LogP contribution in [0.4, 0.5) is 0 Å². The van der Waals surface area contributed by atoms with Crippen LogP contribution in [0.2, 0.25) is 0 Å². The summed E-state index contributed by atoms with van der Waals surface area (Å²) in [5.41, 5.74) is 9.49. The number of pyridine rings is 1. The molecule has 1 fully saturated rings. The maximum atomic E-state index is 5.79. The van der Waals surface area contributed by atoms with Gasteiger partial charge in [0.15, 0.2) is 0 Å². The van der Waals surface area contributed by atoms with Gasteiger partial charge in [-0.15, -0.1) is 0 Å². The predicted molar refractivity (Wildman–Crippen MR) is 81.0 cm³/mol. The maximum absolute atomic E-state index is 5.79. The van der Waals surface area contributed by atoms with Crippen LogP contribution in [0, 0.1) is 0 Å². The first-order chi connectivity index (χ1) is 9.88. The van der Waals surface area contributed by atoms with Crippen LogP contribution in [0.25, 0.3) is 0 Å². The zero-order valence-electron chi connectivity index (χ0n) is 11.7. The molecule has 3 rings (SSSR count). The van der Waals surface area contributed by atoms with Crippen molar-refractivity contribution in [1.82, 2.24) is 9.88 Å². The van der Waals surface area contributed by atoms with E-state index < -0.39 is 0 Å². The van der Waals surface area contributed by atoms with E-state index in [-0.39, 0.29) is 0 Å². The Hall–Kier alpha value is -1.71. The van der Waals surface area contributed by atoms with Crippen LogP contribution in [-0.2, 0) is 13.1 Å². The molecule has 3 heteroatoms. The molecule has 0 spiro atoms. The molecule has 0 amide bonds. The number of hydrogen-bond acceptors (Lipinski definition) is 3. The molecule has 1 saturated heterocycles. The summed E-state index contributed by atoms with van der Waals surface area (Å²) < 4.78 is 0. The van der Waals surface area contributed by atoms with E-state index in [0.717, 1.165) is 18.8 Å². The number of rotatable bonds is 4. The molecular weight excluding hydrogens is 246 g/mol. The molecule has 2 N–H and O–H groups in total. The molecule has 0 saturated carbocycles. The Balaban J connectivity index is 1.79. The van der Waals surface area contributed by atoms with E-state index in [1.54, 1.807) is 0 Å². The van der Waals surface area contributed by atoms with E-state index in [4.69, 9.17) is 5.73 Å². The molecule has 0 bridgehead atoms. The van der Waals surface area contributed by atoms with Gasteiger partial charge in [-0.05, 0) is 36.6 Å². The lowest BCUT2D eigenvalue weighted by Gasteiger charge is -2.25. The minimum Gasteiger partial charge on any atom is -0.325 e. The third kappa shape index (κ3) is 2.74. The third-order valence-electron chi connectivity index (χ3n) is 4.10. The van der Waals surface area contributed by atoms with E-state index >= 15 is 0 Å². The molecule has 104 valence electrons. The van der Waals surface area contributed by atoms with Crippen molar-refractivity contribution in [3.63, 3.8) is 0 Å². The molecule has 3 nitrogen and oxygen atoms in total. The predicted octanol–water partition coefficient (Wildman–Crippen LogP) is 2.88. The smallest absolute Gasteiger partial charge is 0.0584 e. The summed E-state index contributed by atoms with van der Waals surface area (Å²) in [7, 11) is 0. The maximum Gasteiger partial charge on any atom is 0.0584 e. The van der Waals surface area contributed by atoms with Gasteiger partial charge in [0.25, 0.3) is 0 Å². The van der Waals surface area contributed by atoms with Crippen LogP contribution < -0.4 is 5.73 Å². The van der Waals surface area contributed by atoms with Crippen molar-refractivity contribution in [1.29, 1.82) is 0 Å². The zero-order valence-corrected chi connectivity index (χ0v) is 11.7. The minimum atomic E-state index is 0.514. The zero-order chi connectivity index (χ0) is 13.8. The number of nitrogens with two attached hydrogens (primary N) is 1. The Morgan fingerprint density at radius 3 is 2.80 bits per heavy atom. The summed E-state index contributed by atoms with van der Waals surface area (Å²) in [6.45, 7) is 2.61. The van der Waals surface area contributed by atoms with E-state index in [0.29, 0.717) is 12.6 Å². The van der Waals surface area contributed by atoms with E-state index in [2.05, 4.69) is 46.3 Å². The second-order valence-electron chi connectivity index (χ2n) is 5.35. The second-order valence-corrected chi connectivity index (χ2v) is 5.35. The summed E-state index contributed by atoms with van der Waals surface area (Å²) >= 11 is 0. The number of nitrogens with zero attached hydrogens (tertiary/aromatic N) is 2. The molecule has 1 unspecified atom stereocenters. The highest BCUT2D eigenvalue weighted by Crippen LogP contribution is 2.33. The van der Waals surface area contributed by atoms with Crippen molar-refractivity contribution < 1.29 is 0 Å². The topological polar surface area (TPSA) is 42.1 Å². The summed E-state index contributed by atoms with van der Waals surface area (Å²) in [5.74, 6) is 0. The van der Waals surface area contributed by atoms with Gasteiger partial charge in [0, 0.05) is 25.3 Å². The number of hydrogen-bond donors (Lipinski definition) is 1. The minimum absolute atomic E-state index is 0.514. The molecule has 1 aliphatic heterocycles. The fourth-order valence-electron chi connectivity index (χ4n) is 3.09. The molecule has 2 aromatic rings. The largest absolute Gasteiger partial charge is 0.325 e. The van der Waals surface area contributed by atoms with Crippen molar-refractivity contribution in [2.24, 2.45) is 5.73 Å². The highest BCUT2D eigenvalue weighted by atomic mass is 15.2. The summed E-state index contributed by atoms with van der Waals surface area (Å²) in [5, 5.41) is 0. The normalized spacial score (nSPS) is 19.4. The molecule has 0 radical (unpaired) electrons. The van der Waals surface area contributed by atoms with Crippen molar-refractivity contribution in [3.05, 3.63) is 65.5 Å². The number of aromatic nitrogens is 1. The summed E-state index contributed by atoms with van der Waals surface area (Å²) in [4.78, 5) is 6.93. The van der Waals surface area contributed by atoms with E-state index in [1.165, 1.54) is 24.0 Å². The van der Waals surface area contributed by atoms with Crippen molar-refractivity contribution in [3.8, 4) is 0 Å². The first-order valence-corrected chi connectivity index (χ1v) is 7.30. The average Bonchev–Trinajstić information content (AvgIpc) is 2.97. The van der Waals surface area contributed by atoms with Crippen LogP contribution in [0.1, 0.15) is 35.7 Å². The monoisotopic (exact) mass is 267 g/mol. The quantitative estimate of drug-likeness (QED) is 0.926. The molecule has 0 aliphatic carbocycles. The van der Waals surface area contributed by atoms with Gasteiger partial charge in [-0.2, -0.15) is 0 Å². The third-order valence-corrected chi connectivity index (χ3v) is 4.10. The summed E-state index contributed by atoms with van der Waals surface area (Å²) in [6.07, 6.45) is 4.32. The fourth-order valence-corrected chi connectivity index (χ4v) is 3.09. The van der Waals surface area contributed by atoms with Crippen LogP contribution in [0.15, 0.2) is 48.7 Å². The Morgan fingerprint density at radius 2 is 2.00 bits per heavy atom. The van der Waals surface area contributed by atoms with Crippen LogP contribution in [0.3, 0.4) is 0 Å². The average molecular weight is 267 g/mol. The number of benzene rings is 1. The van der Waals surface area contributed by atoms with Gasteiger partial charge in [0.1, 0.15) is 0 Å². The van der Waals surface area contributed by atoms with Crippen LogP contribution in [-0.4, -0.2) is 16.4 Å². The first kappa shape index (κ1) is 13.3. The Labute approximate surface area is 120 Å². The SMILES string of the molecule is NCc1ncccc1CN1CCCC1c1ccccc1. The molecule has 2 heterocycles. The summed E-state index contributed by atoms with van der Waals surface area (Å²) in [6, 6.07) is 15.5. The second kappa shape index (κ2) is 6.16. The van der Waals surface area contributed by atoms with Gasteiger partial charge in [0.2, 0.25) is 0 Å². The lowest BCUT2D eigenvalue weighted by atomic mass is 10.0. The lowest BCUT2D eigenvalue weighted by Crippen LogP contribution is -2.24. The van der Waals surface area contributed by atoms with Gasteiger partial charge >= 0.3 is 0 Å². The Bertz CT molecular complexity index is 553. The van der Waals surface area contributed by atoms with Crippen molar-refractivity contribution in [2.45, 2.75) is 32.0 Å². The molecule has 20 heavy (non-hydrogen) atoms. The molecule has 1 aromatic heterocycles. The van der Waals surface area contributed by atoms with Gasteiger partial charge in [-0.3, -0.25) is 9.88 Å². The molecular formula is C17H21N3. The van der Waals surface area contributed by atoms with Crippen molar-refractivity contribution in [2.75, 3.05) is 6.54 Å². The van der Waals surface area contributed by atoms with Gasteiger partial charge in [0.05, 0.1) is 5.69 Å². The fraction of sp³-hybridized carbons (Fsp3) is 0.353. The lowest BCUT2D eigenvalue weighted by molar-refractivity contribution is 0.247. The van der Waals surface area contributed by atoms with E-state index in [9.17, 15) is 0 Å². The van der Waals surface area contributed by atoms with Gasteiger partial charge in [-0.25, -0.2) is 0 Å². The van der Waals surface area contributed by atoms with Crippen LogP contribution >= 0.6 is 0 Å². The Morgan fingerprint density at radius 1 is 1.15 bits per heavy atom. The Kier molecular flexibility index (Phi) is 4.09.